The van der Waals surface area contributed by atoms with Crippen LogP contribution < -0.4 is 29.4 Å². The maximum atomic E-state index is 12.8. The fourth-order valence-corrected chi connectivity index (χ4v) is 3.78. The molecule has 0 bridgehead atoms. The molecule has 134 valence electrons. The van der Waals surface area contributed by atoms with Crippen molar-refractivity contribution < 1.29 is 28.5 Å². The Morgan fingerprint density at radius 2 is 1.24 bits per heavy atom. The van der Waals surface area contributed by atoms with Gasteiger partial charge in [-0.25, -0.2) is 0 Å². The van der Waals surface area contributed by atoms with Crippen LogP contribution in [0, 0.1) is 0 Å². The number of benzene rings is 2. The van der Waals surface area contributed by atoms with Crippen molar-refractivity contribution in [3.8, 4) is 0 Å². The molecule has 0 saturated heterocycles. The highest BCUT2D eigenvalue weighted by atomic mass is 127. The van der Waals surface area contributed by atoms with Gasteiger partial charge in [0.25, 0.3) is 0 Å². The minimum atomic E-state index is 0. The molecule has 3 rings (SSSR count). The van der Waals surface area contributed by atoms with Gasteiger partial charge >= 0.3 is 0 Å². The van der Waals surface area contributed by atoms with E-state index in [1.54, 1.807) is 0 Å². The molecule has 0 N–H and O–H groups in total. The number of nitrogens with zero attached hydrogens (tertiary/aromatic N) is 2. The van der Waals surface area contributed by atoms with E-state index in [4.69, 9.17) is 0 Å². The molecule has 1 aromatic heterocycles. The summed E-state index contributed by atoms with van der Waals surface area (Å²) < 4.78 is 3.44. The van der Waals surface area contributed by atoms with Crippen molar-refractivity contribution in [3.63, 3.8) is 0 Å². The van der Waals surface area contributed by atoms with Gasteiger partial charge in [-0.05, 0) is 45.0 Å². The Morgan fingerprint density at radius 3 is 1.68 bits per heavy atom. The normalized spacial score (nSPS) is 11.6. The van der Waals surface area contributed by atoms with Crippen LogP contribution in [-0.2, 0) is 6.54 Å². The van der Waals surface area contributed by atoms with Gasteiger partial charge < -0.3 is 33.0 Å². The highest BCUT2D eigenvalue weighted by Gasteiger charge is 2.21. The van der Waals surface area contributed by atoms with Crippen molar-refractivity contribution in [1.29, 1.82) is 0 Å². The zero-order valence-corrected chi connectivity index (χ0v) is 17.5. The molecule has 0 fully saturated rings. The largest absolute Gasteiger partial charge is 1.00 e. The number of quaternary nitrogens is 1. The fourth-order valence-electron chi connectivity index (χ4n) is 3.78. The van der Waals surface area contributed by atoms with Gasteiger partial charge in [-0.15, -0.1) is 0 Å². The molecule has 0 aliphatic rings. The average Bonchev–Trinajstić information content (AvgIpc) is 2.65. The lowest BCUT2D eigenvalue weighted by Gasteiger charge is -2.36. The van der Waals surface area contributed by atoms with E-state index < -0.39 is 0 Å². The zero-order valence-electron chi connectivity index (χ0n) is 15.3. The maximum Gasteiger partial charge on any atom is 0.197 e. The third kappa shape index (κ3) is 3.60. The first kappa shape index (κ1) is 19.9. The Labute approximate surface area is 166 Å². The number of pyridine rings is 1. The summed E-state index contributed by atoms with van der Waals surface area (Å²) in [6, 6.07) is 16.0. The number of para-hydroxylation sites is 2. The molecule has 25 heavy (non-hydrogen) atoms. The van der Waals surface area contributed by atoms with Crippen LogP contribution in [0.15, 0.2) is 53.3 Å². The number of halogens is 1. The van der Waals surface area contributed by atoms with Gasteiger partial charge in [-0.3, -0.25) is 4.79 Å². The summed E-state index contributed by atoms with van der Waals surface area (Å²) in [4.78, 5) is 12.8. The molecule has 0 spiro atoms. The molecule has 0 atom stereocenters. The summed E-state index contributed by atoms with van der Waals surface area (Å²) in [5, 5.41) is 1.64. The van der Waals surface area contributed by atoms with Crippen molar-refractivity contribution in [2.24, 2.45) is 0 Å². The summed E-state index contributed by atoms with van der Waals surface area (Å²) in [5.41, 5.74) is 2.23. The summed E-state index contributed by atoms with van der Waals surface area (Å²) in [6.45, 7) is 12.3. The molecule has 0 aliphatic heterocycles. The van der Waals surface area contributed by atoms with Crippen molar-refractivity contribution in [2.75, 3.05) is 26.2 Å². The molecule has 0 saturated carbocycles. The van der Waals surface area contributed by atoms with E-state index >= 15 is 0 Å². The number of aromatic nitrogens is 1. The predicted molar refractivity (Wildman–Crippen MR) is 102 cm³/mol. The first-order valence-corrected chi connectivity index (χ1v) is 9.01. The molecular formula is C21H27IN2O. The number of fused-ring (bicyclic) bond motifs is 2. The van der Waals surface area contributed by atoms with Crippen molar-refractivity contribution >= 4 is 21.8 Å². The van der Waals surface area contributed by atoms with E-state index in [2.05, 4.69) is 37.5 Å². The topological polar surface area (TPSA) is 22.0 Å². The van der Waals surface area contributed by atoms with Crippen molar-refractivity contribution in [3.05, 3.63) is 58.8 Å². The van der Waals surface area contributed by atoms with Crippen LogP contribution in [0.3, 0.4) is 0 Å². The Bertz CT molecular complexity index is 844. The summed E-state index contributed by atoms with van der Waals surface area (Å²) in [5.74, 6) is 0. The SMILES string of the molecule is CC[N+](CC)(CC)CCn1c2ccccc2c(=O)c2ccccc21.[I-]. The number of rotatable bonds is 6. The molecule has 1 heterocycles. The Balaban J connectivity index is 0.00000225. The second-order valence-electron chi connectivity index (χ2n) is 6.53. The van der Waals surface area contributed by atoms with Gasteiger partial charge in [0.15, 0.2) is 5.43 Å². The minimum absolute atomic E-state index is 0. The van der Waals surface area contributed by atoms with Gasteiger partial charge in [-0.1, -0.05) is 24.3 Å². The molecule has 0 radical (unpaired) electrons. The van der Waals surface area contributed by atoms with Crippen LogP contribution in [0.2, 0.25) is 0 Å². The first-order chi connectivity index (χ1) is 11.7. The Morgan fingerprint density at radius 1 is 0.800 bits per heavy atom. The van der Waals surface area contributed by atoms with Gasteiger partial charge in [0, 0.05) is 10.8 Å². The van der Waals surface area contributed by atoms with Gasteiger partial charge in [0.1, 0.15) is 0 Å². The fraction of sp³-hybridized carbons (Fsp3) is 0.381. The Kier molecular flexibility index (Phi) is 6.63. The molecule has 3 aromatic rings. The van der Waals surface area contributed by atoms with Crippen LogP contribution in [0.25, 0.3) is 21.8 Å². The summed E-state index contributed by atoms with van der Waals surface area (Å²) >= 11 is 0. The maximum absolute atomic E-state index is 12.8. The summed E-state index contributed by atoms with van der Waals surface area (Å²) in [7, 11) is 0. The van der Waals surface area contributed by atoms with Crippen LogP contribution in [0.4, 0.5) is 0 Å². The van der Waals surface area contributed by atoms with Gasteiger partial charge in [0.2, 0.25) is 0 Å². The number of hydrogen-bond donors (Lipinski definition) is 0. The monoisotopic (exact) mass is 450 g/mol. The molecule has 4 heteroatoms. The quantitative estimate of drug-likeness (QED) is 0.313. The first-order valence-electron chi connectivity index (χ1n) is 9.01. The van der Waals surface area contributed by atoms with Crippen molar-refractivity contribution in [1.82, 2.24) is 4.57 Å². The van der Waals surface area contributed by atoms with E-state index in [-0.39, 0.29) is 29.4 Å². The van der Waals surface area contributed by atoms with Gasteiger partial charge in [-0.2, -0.15) is 0 Å². The van der Waals surface area contributed by atoms with Crippen molar-refractivity contribution in [2.45, 2.75) is 27.3 Å². The highest BCUT2D eigenvalue weighted by Crippen LogP contribution is 2.20. The molecule has 3 nitrogen and oxygen atoms in total. The Hall–Kier alpha value is -1.40. The lowest BCUT2D eigenvalue weighted by Crippen LogP contribution is -3.00. The zero-order chi connectivity index (χ0) is 17.2. The third-order valence-corrected chi connectivity index (χ3v) is 5.69. The van der Waals surface area contributed by atoms with Crippen LogP contribution in [0.5, 0.6) is 0 Å². The van der Waals surface area contributed by atoms with Crippen LogP contribution >= 0.6 is 0 Å². The second-order valence-corrected chi connectivity index (χ2v) is 6.53. The van der Waals surface area contributed by atoms with E-state index in [1.807, 2.05) is 36.4 Å². The van der Waals surface area contributed by atoms with Crippen LogP contribution in [-0.4, -0.2) is 35.2 Å². The summed E-state index contributed by atoms with van der Waals surface area (Å²) in [6.07, 6.45) is 0. The molecule has 0 amide bonds. The molecular weight excluding hydrogens is 423 g/mol. The molecule has 0 unspecified atom stereocenters. The number of likely N-dealkylation sites (N-methyl/N-ethyl adjacent to an activating group) is 1. The molecule has 0 aliphatic carbocycles. The second kappa shape index (κ2) is 8.32. The predicted octanol–water partition coefficient (Wildman–Crippen LogP) is 1.04. The molecule has 2 aromatic carbocycles. The highest BCUT2D eigenvalue weighted by molar-refractivity contribution is 5.93. The number of hydrogen-bond acceptors (Lipinski definition) is 1. The lowest BCUT2D eigenvalue weighted by atomic mass is 10.1. The smallest absolute Gasteiger partial charge is 0.197 e. The van der Waals surface area contributed by atoms with Gasteiger partial charge in [0.05, 0.1) is 43.8 Å². The van der Waals surface area contributed by atoms with Crippen LogP contribution in [0.1, 0.15) is 20.8 Å². The average molecular weight is 450 g/mol. The van der Waals surface area contributed by atoms with E-state index in [9.17, 15) is 4.79 Å². The van der Waals surface area contributed by atoms with E-state index in [0.717, 1.165) is 59.0 Å². The minimum Gasteiger partial charge on any atom is -1.00 e. The third-order valence-electron chi connectivity index (χ3n) is 5.69. The van der Waals surface area contributed by atoms with E-state index in [0.29, 0.717) is 0 Å². The van der Waals surface area contributed by atoms with E-state index in [1.165, 1.54) is 0 Å². The standard InChI is InChI=1S/C21H27N2O.HI/c1-4-23(5-2,6-3)16-15-22-19-13-9-7-11-17(19)21(24)18-12-8-10-14-20(18)22;/h7-14H,4-6,15-16H2,1-3H3;1H/q+1;/p-1. The lowest BCUT2D eigenvalue weighted by molar-refractivity contribution is -0.923.